The molecule has 8 nitrogen and oxygen atoms in total. The van der Waals surface area contributed by atoms with E-state index in [0.717, 1.165) is 23.3 Å². The minimum absolute atomic E-state index is 0.121. The van der Waals surface area contributed by atoms with Gasteiger partial charge >= 0.3 is 0 Å². The Balaban J connectivity index is 1.45. The van der Waals surface area contributed by atoms with Gasteiger partial charge in [0.25, 0.3) is 5.91 Å². The Labute approximate surface area is 156 Å². The van der Waals surface area contributed by atoms with Crippen molar-refractivity contribution in [3.8, 4) is 16.9 Å². The number of hydrogen-bond donors (Lipinski definition) is 0. The average Bonchev–Trinajstić information content (AvgIpc) is 3.44. The second kappa shape index (κ2) is 5.67. The summed E-state index contributed by atoms with van der Waals surface area (Å²) in [6, 6.07) is 6.27. The molecule has 1 fully saturated rings. The molecule has 4 heterocycles. The van der Waals surface area contributed by atoms with E-state index in [0.29, 0.717) is 19.7 Å². The number of likely N-dealkylation sites (tertiary alicyclic amines) is 1. The number of rotatable bonds is 2. The third-order valence-corrected chi connectivity index (χ3v) is 5.52. The van der Waals surface area contributed by atoms with E-state index >= 15 is 0 Å². The van der Waals surface area contributed by atoms with Crippen LogP contribution in [0, 0.1) is 0 Å². The average molecular weight is 364 g/mol. The Morgan fingerprint density at radius 3 is 2.85 bits per heavy atom. The van der Waals surface area contributed by atoms with E-state index < -0.39 is 0 Å². The lowest BCUT2D eigenvalue weighted by molar-refractivity contribution is 0.0768. The number of ether oxygens (including phenoxy) is 1. The van der Waals surface area contributed by atoms with Gasteiger partial charge in [-0.25, -0.2) is 4.98 Å². The van der Waals surface area contributed by atoms with Crippen LogP contribution in [0.4, 0.5) is 0 Å². The summed E-state index contributed by atoms with van der Waals surface area (Å²) in [6.07, 6.45) is 6.28. The highest BCUT2D eigenvalue weighted by Gasteiger charge is 2.47. The summed E-state index contributed by atoms with van der Waals surface area (Å²) < 4.78 is 9.32. The van der Waals surface area contributed by atoms with E-state index in [1.165, 1.54) is 5.56 Å². The van der Waals surface area contributed by atoms with Crippen LogP contribution in [0.2, 0.25) is 0 Å². The lowest BCUT2D eigenvalue weighted by Gasteiger charge is -2.22. The van der Waals surface area contributed by atoms with Gasteiger partial charge < -0.3 is 9.64 Å². The van der Waals surface area contributed by atoms with E-state index in [1.54, 1.807) is 22.7 Å². The fraction of sp³-hybridized carbons (Fsp3) is 0.368. The van der Waals surface area contributed by atoms with Gasteiger partial charge in [0.1, 0.15) is 12.1 Å². The normalized spacial score (nSPS) is 20.9. The molecule has 2 aliphatic heterocycles. The third-order valence-electron chi connectivity index (χ3n) is 5.52. The van der Waals surface area contributed by atoms with Gasteiger partial charge in [-0.3, -0.25) is 14.2 Å². The highest BCUT2D eigenvalue weighted by atomic mass is 16.5. The Bertz CT molecular complexity index is 1040. The predicted octanol–water partition coefficient (Wildman–Crippen LogP) is 1.39. The van der Waals surface area contributed by atoms with Crippen molar-refractivity contribution in [1.29, 1.82) is 0 Å². The molecule has 1 spiro atoms. The van der Waals surface area contributed by atoms with Crippen LogP contribution >= 0.6 is 0 Å². The Morgan fingerprint density at radius 2 is 2.11 bits per heavy atom. The van der Waals surface area contributed by atoms with Crippen molar-refractivity contribution >= 4 is 5.91 Å². The number of nitrogens with zero attached hydrogens (tertiary/aromatic N) is 6. The molecule has 0 saturated carbocycles. The maximum Gasteiger partial charge on any atom is 0.293 e. The number of aryl methyl sites for hydroxylation is 2. The fourth-order valence-corrected chi connectivity index (χ4v) is 4.08. The maximum atomic E-state index is 12.7. The van der Waals surface area contributed by atoms with Crippen LogP contribution in [-0.4, -0.2) is 55.0 Å². The van der Waals surface area contributed by atoms with Crippen LogP contribution in [0.25, 0.3) is 11.1 Å². The molecule has 1 aromatic carbocycles. The third kappa shape index (κ3) is 2.51. The predicted molar refractivity (Wildman–Crippen MR) is 97.3 cm³/mol. The largest absolute Gasteiger partial charge is 0.492 e. The van der Waals surface area contributed by atoms with Crippen LogP contribution in [0.1, 0.15) is 22.6 Å². The van der Waals surface area contributed by atoms with Crippen molar-refractivity contribution in [1.82, 2.24) is 29.4 Å². The Hall–Kier alpha value is -3.16. The van der Waals surface area contributed by atoms with E-state index in [4.69, 9.17) is 4.74 Å². The second-order valence-electron chi connectivity index (χ2n) is 7.40. The molecule has 1 saturated heterocycles. The highest BCUT2D eigenvalue weighted by Crippen LogP contribution is 2.46. The number of amides is 1. The van der Waals surface area contributed by atoms with Crippen LogP contribution in [0.15, 0.2) is 36.9 Å². The Morgan fingerprint density at radius 1 is 1.22 bits per heavy atom. The molecule has 8 heteroatoms. The number of aromatic nitrogens is 5. The number of fused-ring (bicyclic) bond motifs is 2. The van der Waals surface area contributed by atoms with Crippen molar-refractivity contribution in [2.24, 2.45) is 14.1 Å². The molecule has 2 aromatic heterocycles. The number of hydrogen-bond acceptors (Lipinski definition) is 5. The molecule has 0 N–H and O–H groups in total. The lowest BCUT2D eigenvalue weighted by atomic mass is 9.81. The van der Waals surface area contributed by atoms with Crippen LogP contribution in [-0.2, 0) is 19.5 Å². The molecule has 2 aliphatic rings. The molecule has 138 valence electrons. The van der Waals surface area contributed by atoms with Crippen LogP contribution in [0.3, 0.4) is 0 Å². The van der Waals surface area contributed by atoms with E-state index in [-0.39, 0.29) is 17.1 Å². The van der Waals surface area contributed by atoms with E-state index in [2.05, 4.69) is 27.3 Å². The van der Waals surface area contributed by atoms with Gasteiger partial charge in [0.05, 0.1) is 18.2 Å². The standard InChI is InChI=1S/C19H20N6O2/c1-23-9-14(8-21-23)13-3-4-16-15(7-13)19(11-27-16)5-6-25(10-19)18(26)17-20-12-24(2)22-17/h3-4,7-9,12H,5-6,10-11H2,1-2H3. The summed E-state index contributed by atoms with van der Waals surface area (Å²) >= 11 is 0. The summed E-state index contributed by atoms with van der Waals surface area (Å²) in [4.78, 5) is 18.7. The second-order valence-corrected chi connectivity index (χ2v) is 7.40. The summed E-state index contributed by atoms with van der Waals surface area (Å²) in [5.74, 6) is 1.04. The van der Waals surface area contributed by atoms with Gasteiger partial charge in [-0.15, -0.1) is 5.10 Å². The first kappa shape index (κ1) is 16.0. The number of carbonyl (C=O) groups is 1. The fourth-order valence-electron chi connectivity index (χ4n) is 4.08. The van der Waals surface area contributed by atoms with Crippen LogP contribution in [0.5, 0.6) is 5.75 Å². The van der Waals surface area contributed by atoms with Crippen molar-refractivity contribution < 1.29 is 9.53 Å². The number of carbonyl (C=O) groups excluding carboxylic acids is 1. The molecule has 0 bridgehead atoms. The molecule has 5 rings (SSSR count). The summed E-state index contributed by atoms with van der Waals surface area (Å²) in [7, 11) is 3.67. The SMILES string of the molecule is Cn1cc(-c2ccc3c(c2)C2(CCN(C(=O)c4ncn(C)n4)C2)CO3)cn1. The molecule has 1 unspecified atom stereocenters. The zero-order valence-corrected chi connectivity index (χ0v) is 15.3. The lowest BCUT2D eigenvalue weighted by Crippen LogP contribution is -2.36. The van der Waals surface area contributed by atoms with Crippen molar-refractivity contribution in [2.75, 3.05) is 19.7 Å². The van der Waals surface area contributed by atoms with Gasteiger partial charge in [0.15, 0.2) is 0 Å². The topological polar surface area (TPSA) is 78.1 Å². The molecule has 3 aromatic rings. The van der Waals surface area contributed by atoms with E-state index in [9.17, 15) is 4.79 Å². The summed E-state index contributed by atoms with van der Waals surface area (Å²) in [5, 5.41) is 8.41. The first-order valence-corrected chi connectivity index (χ1v) is 8.95. The molecule has 1 atom stereocenters. The van der Waals surface area contributed by atoms with Gasteiger partial charge in [0.2, 0.25) is 5.82 Å². The maximum absolute atomic E-state index is 12.7. The van der Waals surface area contributed by atoms with Gasteiger partial charge in [0, 0.05) is 44.5 Å². The zero-order chi connectivity index (χ0) is 18.6. The smallest absolute Gasteiger partial charge is 0.293 e. The summed E-state index contributed by atoms with van der Waals surface area (Å²) in [5.41, 5.74) is 3.19. The van der Waals surface area contributed by atoms with E-state index in [1.807, 2.05) is 30.4 Å². The van der Waals surface area contributed by atoms with Gasteiger partial charge in [-0.2, -0.15) is 5.10 Å². The van der Waals surface area contributed by atoms with Gasteiger partial charge in [-0.05, 0) is 24.1 Å². The van der Waals surface area contributed by atoms with Crippen LogP contribution < -0.4 is 4.74 Å². The van der Waals surface area contributed by atoms with Crippen molar-refractivity contribution in [2.45, 2.75) is 11.8 Å². The van der Waals surface area contributed by atoms with Gasteiger partial charge in [-0.1, -0.05) is 6.07 Å². The molecule has 1 amide bonds. The quantitative estimate of drug-likeness (QED) is 0.687. The molecule has 0 aliphatic carbocycles. The molecular weight excluding hydrogens is 344 g/mol. The first-order valence-electron chi connectivity index (χ1n) is 8.95. The Kier molecular flexibility index (Phi) is 3.37. The van der Waals surface area contributed by atoms with Crippen molar-refractivity contribution in [3.05, 3.63) is 48.3 Å². The number of benzene rings is 1. The molecular formula is C19H20N6O2. The zero-order valence-electron chi connectivity index (χ0n) is 15.3. The summed E-state index contributed by atoms with van der Waals surface area (Å²) in [6.45, 7) is 1.89. The monoisotopic (exact) mass is 364 g/mol. The first-order chi connectivity index (χ1) is 13.0. The minimum atomic E-state index is -0.169. The van der Waals surface area contributed by atoms with Crippen molar-refractivity contribution in [3.63, 3.8) is 0 Å². The minimum Gasteiger partial charge on any atom is -0.492 e. The highest BCUT2D eigenvalue weighted by molar-refractivity contribution is 5.90. The molecule has 0 radical (unpaired) electrons. The molecule has 27 heavy (non-hydrogen) atoms.